The molecule has 1 aromatic heterocycles. The van der Waals surface area contributed by atoms with Gasteiger partial charge in [-0.1, -0.05) is 31.2 Å². The summed E-state index contributed by atoms with van der Waals surface area (Å²) in [7, 11) is 0. The van der Waals surface area contributed by atoms with Gasteiger partial charge in [0.15, 0.2) is 0 Å². The Morgan fingerprint density at radius 3 is 2.82 bits per heavy atom. The lowest BCUT2D eigenvalue weighted by Crippen LogP contribution is -2.49. The number of amides is 1. The minimum atomic E-state index is -0.313. The molecule has 1 saturated heterocycles. The highest BCUT2D eigenvalue weighted by atomic mass is 16.4. The molecular formula is C16H20N4O2. The summed E-state index contributed by atoms with van der Waals surface area (Å²) in [5.41, 5.74) is 2.13. The summed E-state index contributed by atoms with van der Waals surface area (Å²) in [5, 5.41) is 11.0. The van der Waals surface area contributed by atoms with E-state index in [1.165, 1.54) is 0 Å². The molecule has 0 radical (unpaired) electrons. The Bertz CT molecular complexity index is 668. The van der Waals surface area contributed by atoms with E-state index < -0.39 is 0 Å². The number of piperazine rings is 1. The fourth-order valence-electron chi connectivity index (χ4n) is 2.79. The number of carbonyl (C=O) groups is 1. The van der Waals surface area contributed by atoms with Crippen LogP contribution in [0.2, 0.25) is 0 Å². The van der Waals surface area contributed by atoms with Crippen molar-refractivity contribution in [2.75, 3.05) is 13.1 Å². The molecule has 1 amide bonds. The predicted molar refractivity (Wildman–Crippen MR) is 81.0 cm³/mol. The highest BCUT2D eigenvalue weighted by Crippen LogP contribution is 2.27. The first kappa shape index (κ1) is 14.7. The van der Waals surface area contributed by atoms with Crippen LogP contribution in [-0.4, -0.2) is 34.1 Å². The van der Waals surface area contributed by atoms with Gasteiger partial charge in [-0.05, 0) is 18.1 Å². The second kappa shape index (κ2) is 6.27. The quantitative estimate of drug-likeness (QED) is 0.929. The molecule has 1 aliphatic rings. The van der Waals surface area contributed by atoms with E-state index in [4.69, 9.17) is 4.42 Å². The van der Waals surface area contributed by atoms with Crippen molar-refractivity contribution >= 4 is 5.91 Å². The molecule has 0 saturated carbocycles. The number of aromatic nitrogens is 2. The number of rotatable bonds is 4. The summed E-state index contributed by atoms with van der Waals surface area (Å²) in [6.45, 7) is 5.88. The predicted octanol–water partition coefficient (Wildman–Crippen LogP) is 1.61. The summed E-state index contributed by atoms with van der Waals surface area (Å²) in [6, 6.07) is 7.66. The van der Waals surface area contributed by atoms with Gasteiger partial charge in [0.1, 0.15) is 6.04 Å². The van der Waals surface area contributed by atoms with Gasteiger partial charge in [-0.15, -0.1) is 10.2 Å². The third-order valence-corrected chi connectivity index (χ3v) is 3.94. The molecule has 1 aliphatic heterocycles. The molecule has 0 spiro atoms. The van der Waals surface area contributed by atoms with Crippen LogP contribution < -0.4 is 5.32 Å². The standard InChI is InChI=1S/C16H20N4O2/c1-3-13-18-19-14(22-13)10-20-9-8-17-16(21)15(20)12-7-5-4-6-11(12)2/h4-7,15H,3,8-10H2,1-2H3,(H,17,21)/t15-/m1/s1. The zero-order valence-electron chi connectivity index (χ0n) is 12.9. The van der Waals surface area contributed by atoms with Crippen molar-refractivity contribution in [2.24, 2.45) is 0 Å². The lowest BCUT2D eigenvalue weighted by molar-refractivity contribution is -0.129. The maximum Gasteiger partial charge on any atom is 0.242 e. The second-order valence-corrected chi connectivity index (χ2v) is 5.46. The Morgan fingerprint density at radius 1 is 1.32 bits per heavy atom. The molecule has 116 valence electrons. The van der Waals surface area contributed by atoms with Crippen LogP contribution in [0.25, 0.3) is 0 Å². The number of benzene rings is 1. The Labute approximate surface area is 129 Å². The van der Waals surface area contributed by atoms with Gasteiger partial charge in [-0.25, -0.2) is 0 Å². The van der Waals surface area contributed by atoms with Crippen molar-refractivity contribution < 1.29 is 9.21 Å². The lowest BCUT2D eigenvalue weighted by Gasteiger charge is -2.34. The molecule has 0 bridgehead atoms. The van der Waals surface area contributed by atoms with Crippen molar-refractivity contribution in [3.63, 3.8) is 0 Å². The first-order valence-electron chi connectivity index (χ1n) is 7.57. The molecule has 2 heterocycles. The second-order valence-electron chi connectivity index (χ2n) is 5.46. The number of nitrogens with one attached hydrogen (secondary N) is 1. The average molecular weight is 300 g/mol. The maximum atomic E-state index is 12.4. The van der Waals surface area contributed by atoms with Gasteiger partial charge in [0, 0.05) is 19.5 Å². The lowest BCUT2D eigenvalue weighted by atomic mass is 9.98. The third-order valence-electron chi connectivity index (χ3n) is 3.94. The summed E-state index contributed by atoms with van der Waals surface area (Å²) >= 11 is 0. The summed E-state index contributed by atoms with van der Waals surface area (Å²) < 4.78 is 5.59. The molecule has 1 fully saturated rings. The van der Waals surface area contributed by atoms with Gasteiger partial charge in [-0.3, -0.25) is 9.69 Å². The first-order valence-corrected chi connectivity index (χ1v) is 7.57. The van der Waals surface area contributed by atoms with Crippen LogP contribution in [-0.2, 0) is 17.8 Å². The molecular weight excluding hydrogens is 280 g/mol. The van der Waals surface area contributed by atoms with Crippen LogP contribution in [0.4, 0.5) is 0 Å². The smallest absolute Gasteiger partial charge is 0.242 e. The van der Waals surface area contributed by atoms with Crippen molar-refractivity contribution in [3.8, 4) is 0 Å². The molecule has 1 atom stereocenters. The van der Waals surface area contributed by atoms with Crippen LogP contribution in [0.3, 0.4) is 0 Å². The molecule has 2 aromatic rings. The minimum absolute atomic E-state index is 0.0239. The fraction of sp³-hybridized carbons (Fsp3) is 0.438. The third kappa shape index (κ3) is 2.87. The molecule has 6 heteroatoms. The largest absolute Gasteiger partial charge is 0.424 e. The van der Waals surface area contributed by atoms with Gasteiger partial charge in [-0.2, -0.15) is 0 Å². The van der Waals surface area contributed by atoms with Gasteiger partial charge >= 0.3 is 0 Å². The minimum Gasteiger partial charge on any atom is -0.424 e. The SMILES string of the molecule is CCc1nnc(CN2CCNC(=O)[C@H]2c2ccccc2C)o1. The van der Waals surface area contributed by atoms with E-state index >= 15 is 0 Å². The monoisotopic (exact) mass is 300 g/mol. The highest BCUT2D eigenvalue weighted by molar-refractivity contribution is 5.84. The number of aryl methyl sites for hydroxylation is 2. The van der Waals surface area contributed by atoms with Gasteiger partial charge < -0.3 is 9.73 Å². The van der Waals surface area contributed by atoms with Gasteiger partial charge in [0.2, 0.25) is 17.7 Å². The number of nitrogens with zero attached hydrogens (tertiary/aromatic N) is 3. The number of carbonyl (C=O) groups excluding carboxylic acids is 1. The zero-order chi connectivity index (χ0) is 15.5. The molecule has 1 aromatic carbocycles. The van der Waals surface area contributed by atoms with Crippen LogP contribution >= 0.6 is 0 Å². The van der Waals surface area contributed by atoms with Crippen LogP contribution in [0.5, 0.6) is 0 Å². The Hall–Kier alpha value is -2.21. The van der Waals surface area contributed by atoms with Crippen molar-refractivity contribution in [2.45, 2.75) is 32.9 Å². The van der Waals surface area contributed by atoms with Crippen LogP contribution in [0, 0.1) is 6.92 Å². The normalized spacial score (nSPS) is 19.2. The Balaban J connectivity index is 1.87. The Kier molecular flexibility index (Phi) is 4.20. The maximum absolute atomic E-state index is 12.4. The van der Waals surface area contributed by atoms with E-state index in [0.29, 0.717) is 31.3 Å². The van der Waals surface area contributed by atoms with Crippen molar-refractivity contribution in [1.82, 2.24) is 20.4 Å². The van der Waals surface area contributed by atoms with Crippen LogP contribution in [0.1, 0.15) is 35.9 Å². The Morgan fingerprint density at radius 2 is 2.09 bits per heavy atom. The summed E-state index contributed by atoms with van der Waals surface area (Å²) in [6.07, 6.45) is 0.717. The molecule has 6 nitrogen and oxygen atoms in total. The summed E-state index contributed by atoms with van der Waals surface area (Å²) in [5.74, 6) is 1.21. The molecule has 3 rings (SSSR count). The van der Waals surface area contributed by atoms with Gasteiger partial charge in [0.25, 0.3) is 0 Å². The van der Waals surface area contributed by atoms with E-state index in [-0.39, 0.29) is 11.9 Å². The number of hydrogen-bond acceptors (Lipinski definition) is 5. The summed E-state index contributed by atoms with van der Waals surface area (Å²) in [4.78, 5) is 14.5. The van der Waals surface area contributed by atoms with Crippen LogP contribution in [0.15, 0.2) is 28.7 Å². The molecule has 0 aliphatic carbocycles. The zero-order valence-corrected chi connectivity index (χ0v) is 12.9. The molecule has 0 unspecified atom stereocenters. The number of hydrogen-bond donors (Lipinski definition) is 1. The van der Waals surface area contributed by atoms with E-state index in [2.05, 4.69) is 20.4 Å². The van der Waals surface area contributed by atoms with Crippen molar-refractivity contribution in [1.29, 1.82) is 0 Å². The average Bonchev–Trinajstić information content (AvgIpc) is 2.96. The van der Waals surface area contributed by atoms with Gasteiger partial charge in [0.05, 0.1) is 6.54 Å². The van der Waals surface area contributed by atoms with Crippen molar-refractivity contribution in [3.05, 3.63) is 47.2 Å². The fourth-order valence-corrected chi connectivity index (χ4v) is 2.79. The highest BCUT2D eigenvalue weighted by Gasteiger charge is 2.32. The van der Waals surface area contributed by atoms with E-state index in [1.54, 1.807) is 0 Å². The molecule has 22 heavy (non-hydrogen) atoms. The topological polar surface area (TPSA) is 71.3 Å². The molecule has 1 N–H and O–H groups in total. The van der Waals surface area contributed by atoms with E-state index in [9.17, 15) is 4.79 Å². The van der Waals surface area contributed by atoms with E-state index in [0.717, 1.165) is 17.7 Å². The first-order chi connectivity index (χ1) is 10.7. The van der Waals surface area contributed by atoms with E-state index in [1.807, 2.05) is 38.1 Å².